The second-order valence-corrected chi connectivity index (χ2v) is 4.46. The summed E-state index contributed by atoms with van der Waals surface area (Å²) in [4.78, 5) is 17.4. The Morgan fingerprint density at radius 3 is 2.89 bits per heavy atom. The van der Waals surface area contributed by atoms with Crippen LogP contribution in [0.15, 0.2) is 12.7 Å². The molecule has 0 bridgehead atoms. The zero-order chi connectivity index (χ0) is 12.8. The van der Waals surface area contributed by atoms with E-state index in [-0.39, 0.29) is 12.1 Å². The van der Waals surface area contributed by atoms with Gasteiger partial charge in [0.05, 0.1) is 6.10 Å². The molecular formula is C11H19N5O2. The quantitative estimate of drug-likeness (QED) is 0.730. The van der Waals surface area contributed by atoms with Gasteiger partial charge in [-0.05, 0) is 19.3 Å². The number of aliphatic hydroxyl groups is 1. The monoisotopic (exact) mass is 253 g/mol. The molecule has 1 aromatic heterocycles. The van der Waals surface area contributed by atoms with Crippen LogP contribution >= 0.6 is 0 Å². The molecule has 2 amide bonds. The van der Waals surface area contributed by atoms with Crippen molar-refractivity contribution in [2.24, 2.45) is 0 Å². The van der Waals surface area contributed by atoms with Crippen LogP contribution in [0.1, 0.15) is 19.3 Å². The lowest BCUT2D eigenvalue weighted by atomic mass is 10.1. The number of aryl methyl sites for hydroxylation is 1. The van der Waals surface area contributed by atoms with Gasteiger partial charge in [0, 0.05) is 26.2 Å². The van der Waals surface area contributed by atoms with Crippen LogP contribution in [-0.4, -0.2) is 56.5 Å². The Morgan fingerprint density at radius 2 is 2.22 bits per heavy atom. The van der Waals surface area contributed by atoms with Gasteiger partial charge < -0.3 is 15.3 Å². The predicted octanol–water partition coefficient (Wildman–Crippen LogP) is -0.166. The van der Waals surface area contributed by atoms with E-state index in [0.29, 0.717) is 32.5 Å². The van der Waals surface area contributed by atoms with Crippen LogP contribution in [0.2, 0.25) is 0 Å². The van der Waals surface area contributed by atoms with Crippen molar-refractivity contribution >= 4 is 6.03 Å². The first kappa shape index (κ1) is 12.8. The summed E-state index contributed by atoms with van der Waals surface area (Å²) in [5.74, 6) is 0. The highest BCUT2D eigenvalue weighted by Gasteiger charge is 2.20. The van der Waals surface area contributed by atoms with E-state index in [9.17, 15) is 9.90 Å². The number of urea groups is 1. The molecule has 7 heteroatoms. The number of aliphatic hydroxyl groups excluding tert-OH is 1. The van der Waals surface area contributed by atoms with Crippen molar-refractivity contribution in [1.82, 2.24) is 25.0 Å². The maximum absolute atomic E-state index is 11.8. The van der Waals surface area contributed by atoms with Crippen LogP contribution < -0.4 is 5.32 Å². The number of rotatable bonds is 4. The third kappa shape index (κ3) is 3.69. The molecule has 0 unspecified atom stereocenters. The summed E-state index contributed by atoms with van der Waals surface area (Å²) in [6, 6.07) is -0.0412. The lowest BCUT2D eigenvalue weighted by molar-refractivity contribution is 0.0937. The first-order valence-corrected chi connectivity index (χ1v) is 6.29. The number of likely N-dealkylation sites (tertiary alicyclic amines) is 1. The van der Waals surface area contributed by atoms with Gasteiger partial charge >= 0.3 is 6.03 Å². The zero-order valence-electron chi connectivity index (χ0n) is 10.3. The van der Waals surface area contributed by atoms with E-state index in [1.807, 2.05) is 0 Å². The summed E-state index contributed by atoms with van der Waals surface area (Å²) < 4.78 is 1.74. The van der Waals surface area contributed by atoms with E-state index in [2.05, 4.69) is 15.4 Å². The van der Waals surface area contributed by atoms with Crippen LogP contribution in [0, 0.1) is 0 Å². The molecule has 2 N–H and O–H groups in total. The zero-order valence-corrected chi connectivity index (χ0v) is 10.3. The largest absolute Gasteiger partial charge is 0.393 e. The number of nitrogens with one attached hydrogen (secondary N) is 1. The van der Waals surface area contributed by atoms with E-state index in [4.69, 9.17) is 0 Å². The maximum atomic E-state index is 11.8. The van der Waals surface area contributed by atoms with Crippen molar-refractivity contribution in [3.8, 4) is 0 Å². The molecular weight excluding hydrogens is 234 g/mol. The molecule has 18 heavy (non-hydrogen) atoms. The van der Waals surface area contributed by atoms with E-state index in [0.717, 1.165) is 13.0 Å². The molecule has 0 atom stereocenters. The summed E-state index contributed by atoms with van der Waals surface area (Å²) in [5, 5.41) is 16.2. The van der Waals surface area contributed by atoms with Gasteiger partial charge in [0.1, 0.15) is 12.7 Å². The Hall–Kier alpha value is -1.63. The molecule has 0 saturated carbocycles. The summed E-state index contributed by atoms with van der Waals surface area (Å²) in [5.41, 5.74) is 0. The second-order valence-electron chi connectivity index (χ2n) is 4.46. The van der Waals surface area contributed by atoms with Gasteiger partial charge in [0.2, 0.25) is 0 Å². The van der Waals surface area contributed by atoms with Gasteiger partial charge in [0.15, 0.2) is 0 Å². The highest BCUT2D eigenvalue weighted by molar-refractivity contribution is 5.74. The van der Waals surface area contributed by atoms with E-state index >= 15 is 0 Å². The lowest BCUT2D eigenvalue weighted by Gasteiger charge is -2.29. The molecule has 1 aromatic rings. The summed E-state index contributed by atoms with van der Waals surface area (Å²) >= 11 is 0. The number of hydrogen-bond donors (Lipinski definition) is 2. The summed E-state index contributed by atoms with van der Waals surface area (Å²) in [6.45, 7) is 2.64. The lowest BCUT2D eigenvalue weighted by Crippen LogP contribution is -2.45. The Morgan fingerprint density at radius 1 is 1.44 bits per heavy atom. The van der Waals surface area contributed by atoms with Crippen molar-refractivity contribution < 1.29 is 9.90 Å². The van der Waals surface area contributed by atoms with Crippen molar-refractivity contribution in [2.45, 2.75) is 31.9 Å². The fourth-order valence-electron chi connectivity index (χ4n) is 1.97. The van der Waals surface area contributed by atoms with Gasteiger partial charge in [0.25, 0.3) is 0 Å². The predicted molar refractivity (Wildman–Crippen MR) is 64.9 cm³/mol. The second kappa shape index (κ2) is 6.34. The van der Waals surface area contributed by atoms with Gasteiger partial charge in [-0.2, -0.15) is 5.10 Å². The molecule has 2 rings (SSSR count). The maximum Gasteiger partial charge on any atom is 0.317 e. The SMILES string of the molecule is O=C(NCCCn1cncn1)N1CCC(O)CC1. The highest BCUT2D eigenvalue weighted by atomic mass is 16.3. The van der Waals surface area contributed by atoms with E-state index < -0.39 is 0 Å². The minimum Gasteiger partial charge on any atom is -0.393 e. The van der Waals surface area contributed by atoms with Crippen molar-refractivity contribution in [2.75, 3.05) is 19.6 Å². The Balaban J connectivity index is 1.60. The normalized spacial score (nSPS) is 16.8. The van der Waals surface area contributed by atoms with Crippen LogP contribution in [0.25, 0.3) is 0 Å². The van der Waals surface area contributed by atoms with Crippen LogP contribution in [0.3, 0.4) is 0 Å². The fourth-order valence-corrected chi connectivity index (χ4v) is 1.97. The van der Waals surface area contributed by atoms with Gasteiger partial charge in [-0.3, -0.25) is 4.68 Å². The van der Waals surface area contributed by atoms with Gasteiger partial charge in [-0.1, -0.05) is 0 Å². The number of nitrogens with zero attached hydrogens (tertiary/aromatic N) is 4. The molecule has 2 heterocycles. The van der Waals surface area contributed by atoms with E-state index in [1.165, 1.54) is 6.33 Å². The minimum atomic E-state index is -0.249. The first-order chi connectivity index (χ1) is 8.75. The van der Waals surface area contributed by atoms with Crippen LogP contribution in [-0.2, 0) is 6.54 Å². The number of piperidine rings is 1. The first-order valence-electron chi connectivity index (χ1n) is 6.29. The minimum absolute atomic E-state index is 0.0412. The van der Waals surface area contributed by atoms with Crippen LogP contribution in [0.5, 0.6) is 0 Å². The number of aromatic nitrogens is 3. The number of carbonyl (C=O) groups excluding carboxylic acids is 1. The number of hydrogen-bond acceptors (Lipinski definition) is 4. The van der Waals surface area contributed by atoms with Crippen LogP contribution in [0.4, 0.5) is 4.79 Å². The Kier molecular flexibility index (Phi) is 4.52. The molecule has 1 fully saturated rings. The molecule has 1 aliphatic rings. The third-order valence-electron chi connectivity index (χ3n) is 3.06. The molecule has 100 valence electrons. The average molecular weight is 253 g/mol. The standard InChI is InChI=1S/C11H19N5O2/c17-10-2-6-15(7-3-10)11(18)13-4-1-5-16-9-12-8-14-16/h8-10,17H,1-7H2,(H,13,18). The van der Waals surface area contributed by atoms with Gasteiger partial charge in [-0.15, -0.1) is 0 Å². The molecule has 0 aliphatic carbocycles. The van der Waals surface area contributed by atoms with Crippen molar-refractivity contribution in [3.63, 3.8) is 0 Å². The Bertz CT molecular complexity index is 360. The number of carbonyl (C=O) groups is 1. The number of amides is 2. The molecule has 0 aromatic carbocycles. The van der Waals surface area contributed by atoms with Crippen molar-refractivity contribution in [3.05, 3.63) is 12.7 Å². The third-order valence-corrected chi connectivity index (χ3v) is 3.06. The molecule has 1 aliphatic heterocycles. The molecule has 7 nitrogen and oxygen atoms in total. The molecule has 1 saturated heterocycles. The summed E-state index contributed by atoms with van der Waals surface area (Å²) in [6.07, 6.45) is 5.08. The average Bonchev–Trinajstić information content (AvgIpc) is 2.88. The topological polar surface area (TPSA) is 83.3 Å². The fraction of sp³-hybridized carbons (Fsp3) is 0.727. The van der Waals surface area contributed by atoms with Gasteiger partial charge in [-0.25, -0.2) is 9.78 Å². The molecule has 0 radical (unpaired) electrons. The Labute approximate surface area is 106 Å². The smallest absolute Gasteiger partial charge is 0.317 e. The molecule has 0 spiro atoms. The van der Waals surface area contributed by atoms with E-state index in [1.54, 1.807) is 15.9 Å². The van der Waals surface area contributed by atoms with Crippen molar-refractivity contribution in [1.29, 1.82) is 0 Å². The summed E-state index contributed by atoms with van der Waals surface area (Å²) in [7, 11) is 0. The highest BCUT2D eigenvalue weighted by Crippen LogP contribution is 2.09.